The number of nitriles is 1. The van der Waals surface area contributed by atoms with Gasteiger partial charge in [0.15, 0.2) is 11.5 Å². The van der Waals surface area contributed by atoms with Crippen LogP contribution in [0.2, 0.25) is 0 Å². The molecular formula is C17H13NO3. The third-order valence-corrected chi connectivity index (χ3v) is 3.23. The summed E-state index contributed by atoms with van der Waals surface area (Å²) in [5.74, 6) is 2.20. The van der Waals surface area contributed by atoms with E-state index in [0.717, 1.165) is 22.6 Å². The van der Waals surface area contributed by atoms with E-state index in [9.17, 15) is 5.26 Å². The highest BCUT2D eigenvalue weighted by atomic mass is 16.7. The molecule has 0 amide bonds. The van der Waals surface area contributed by atoms with Crippen LogP contribution in [0.5, 0.6) is 17.2 Å². The predicted molar refractivity (Wildman–Crippen MR) is 79.0 cm³/mol. The van der Waals surface area contributed by atoms with Crippen LogP contribution in [0.25, 0.3) is 11.6 Å². The van der Waals surface area contributed by atoms with Crippen molar-refractivity contribution in [1.82, 2.24) is 0 Å². The van der Waals surface area contributed by atoms with Crippen LogP contribution in [-0.2, 0) is 0 Å². The predicted octanol–water partition coefficient (Wildman–Crippen LogP) is 3.49. The normalized spacial score (nSPS) is 12.9. The van der Waals surface area contributed by atoms with E-state index in [2.05, 4.69) is 6.07 Å². The van der Waals surface area contributed by atoms with Crippen LogP contribution in [0.15, 0.2) is 42.5 Å². The third-order valence-electron chi connectivity index (χ3n) is 3.23. The molecule has 21 heavy (non-hydrogen) atoms. The Hall–Kier alpha value is -2.93. The number of benzene rings is 2. The van der Waals surface area contributed by atoms with Crippen molar-refractivity contribution in [3.05, 3.63) is 53.6 Å². The first-order chi connectivity index (χ1) is 10.3. The maximum Gasteiger partial charge on any atom is 0.231 e. The number of rotatable bonds is 3. The standard InChI is InChI=1S/C17H13NO3/c1-19-15-5-3-13(4-6-15)14(10-18)8-12-2-7-16-17(9-12)21-11-20-16/h2-9H,11H2,1H3/b14-8-. The minimum absolute atomic E-state index is 0.242. The zero-order valence-electron chi connectivity index (χ0n) is 11.5. The zero-order chi connectivity index (χ0) is 14.7. The van der Waals surface area contributed by atoms with Gasteiger partial charge in [0.2, 0.25) is 6.79 Å². The van der Waals surface area contributed by atoms with E-state index >= 15 is 0 Å². The second-order valence-corrected chi connectivity index (χ2v) is 4.51. The van der Waals surface area contributed by atoms with Crippen molar-refractivity contribution in [1.29, 1.82) is 5.26 Å². The van der Waals surface area contributed by atoms with E-state index in [4.69, 9.17) is 14.2 Å². The van der Waals surface area contributed by atoms with E-state index in [-0.39, 0.29) is 6.79 Å². The molecule has 2 aromatic rings. The number of fused-ring (bicyclic) bond motifs is 1. The van der Waals surface area contributed by atoms with Gasteiger partial charge in [0.05, 0.1) is 18.8 Å². The number of allylic oxidation sites excluding steroid dienone is 1. The van der Waals surface area contributed by atoms with Gasteiger partial charge in [-0.2, -0.15) is 5.26 Å². The zero-order valence-corrected chi connectivity index (χ0v) is 11.5. The molecule has 1 aliphatic rings. The topological polar surface area (TPSA) is 51.5 Å². The summed E-state index contributed by atoms with van der Waals surface area (Å²) < 4.78 is 15.7. The van der Waals surface area contributed by atoms with Crippen molar-refractivity contribution in [3.63, 3.8) is 0 Å². The molecule has 1 heterocycles. The molecule has 0 fully saturated rings. The molecule has 0 aliphatic carbocycles. The van der Waals surface area contributed by atoms with Gasteiger partial charge in [-0.1, -0.05) is 6.07 Å². The molecule has 0 atom stereocenters. The fraction of sp³-hybridized carbons (Fsp3) is 0.118. The van der Waals surface area contributed by atoms with Gasteiger partial charge in [-0.05, 0) is 53.6 Å². The first kappa shape index (κ1) is 13.1. The first-order valence-corrected chi connectivity index (χ1v) is 6.46. The second-order valence-electron chi connectivity index (χ2n) is 4.51. The van der Waals surface area contributed by atoms with Crippen LogP contribution in [0.3, 0.4) is 0 Å². The molecule has 0 saturated carbocycles. The van der Waals surface area contributed by atoms with E-state index in [1.165, 1.54) is 0 Å². The molecule has 2 aromatic carbocycles. The number of nitrogens with zero attached hydrogens (tertiary/aromatic N) is 1. The number of methoxy groups -OCH3 is 1. The molecule has 4 heteroatoms. The van der Waals surface area contributed by atoms with Crippen molar-refractivity contribution in [2.45, 2.75) is 0 Å². The molecule has 0 aromatic heterocycles. The lowest BCUT2D eigenvalue weighted by Crippen LogP contribution is -1.92. The minimum Gasteiger partial charge on any atom is -0.497 e. The molecule has 0 bridgehead atoms. The summed E-state index contributed by atoms with van der Waals surface area (Å²) in [5, 5.41) is 9.36. The maximum atomic E-state index is 9.36. The van der Waals surface area contributed by atoms with E-state index in [0.29, 0.717) is 11.3 Å². The molecule has 0 unspecified atom stereocenters. The Bertz CT molecular complexity index is 727. The van der Waals surface area contributed by atoms with Crippen LogP contribution >= 0.6 is 0 Å². The summed E-state index contributed by atoms with van der Waals surface area (Å²) in [4.78, 5) is 0. The highest BCUT2D eigenvalue weighted by Gasteiger charge is 2.13. The Morgan fingerprint density at radius 3 is 2.62 bits per heavy atom. The average molecular weight is 279 g/mol. The largest absolute Gasteiger partial charge is 0.497 e. The average Bonchev–Trinajstić information content (AvgIpc) is 3.00. The lowest BCUT2D eigenvalue weighted by molar-refractivity contribution is 0.174. The molecule has 3 rings (SSSR count). The van der Waals surface area contributed by atoms with Gasteiger partial charge < -0.3 is 14.2 Å². The van der Waals surface area contributed by atoms with Gasteiger partial charge in [-0.15, -0.1) is 0 Å². The second kappa shape index (κ2) is 5.59. The maximum absolute atomic E-state index is 9.36. The fourth-order valence-electron chi connectivity index (χ4n) is 2.12. The minimum atomic E-state index is 0.242. The molecule has 4 nitrogen and oxygen atoms in total. The monoisotopic (exact) mass is 279 g/mol. The van der Waals surface area contributed by atoms with Crippen molar-refractivity contribution in [2.75, 3.05) is 13.9 Å². The molecule has 1 aliphatic heterocycles. The van der Waals surface area contributed by atoms with Gasteiger partial charge in [0.1, 0.15) is 5.75 Å². The summed E-state index contributed by atoms with van der Waals surface area (Å²) in [7, 11) is 1.61. The van der Waals surface area contributed by atoms with Crippen LogP contribution in [0, 0.1) is 11.3 Å². The molecule has 0 N–H and O–H groups in total. The van der Waals surface area contributed by atoms with E-state index in [1.807, 2.05) is 48.5 Å². The third kappa shape index (κ3) is 2.67. The summed E-state index contributed by atoms with van der Waals surface area (Å²) in [5.41, 5.74) is 2.32. The van der Waals surface area contributed by atoms with Crippen LogP contribution in [0.1, 0.15) is 11.1 Å². The van der Waals surface area contributed by atoms with Gasteiger partial charge >= 0.3 is 0 Å². The summed E-state index contributed by atoms with van der Waals surface area (Å²) in [6, 6.07) is 15.2. The van der Waals surface area contributed by atoms with Crippen molar-refractivity contribution >= 4 is 11.6 Å². The summed E-state index contributed by atoms with van der Waals surface area (Å²) in [6.45, 7) is 0.242. The Kier molecular flexibility index (Phi) is 3.48. The fourth-order valence-corrected chi connectivity index (χ4v) is 2.12. The SMILES string of the molecule is COc1ccc(/C(C#N)=C\c2ccc3c(c2)OCO3)cc1. The first-order valence-electron chi connectivity index (χ1n) is 6.46. The Balaban J connectivity index is 1.93. The lowest BCUT2D eigenvalue weighted by Gasteiger charge is -2.03. The molecule has 0 radical (unpaired) electrons. The smallest absolute Gasteiger partial charge is 0.231 e. The van der Waals surface area contributed by atoms with Crippen molar-refractivity contribution < 1.29 is 14.2 Å². The summed E-state index contributed by atoms with van der Waals surface area (Å²) in [6.07, 6.45) is 1.82. The highest BCUT2D eigenvalue weighted by Crippen LogP contribution is 2.33. The van der Waals surface area contributed by atoms with Crippen LogP contribution in [0.4, 0.5) is 0 Å². The van der Waals surface area contributed by atoms with Gasteiger partial charge in [-0.25, -0.2) is 0 Å². The van der Waals surface area contributed by atoms with Crippen molar-refractivity contribution in [2.24, 2.45) is 0 Å². The molecule has 104 valence electrons. The van der Waals surface area contributed by atoms with Gasteiger partial charge in [0.25, 0.3) is 0 Å². The van der Waals surface area contributed by atoms with Crippen molar-refractivity contribution in [3.8, 4) is 23.3 Å². The molecule has 0 saturated heterocycles. The van der Waals surface area contributed by atoms with Crippen LogP contribution < -0.4 is 14.2 Å². The molecular weight excluding hydrogens is 266 g/mol. The Morgan fingerprint density at radius 1 is 1.14 bits per heavy atom. The molecule has 0 spiro atoms. The van der Waals surface area contributed by atoms with Gasteiger partial charge in [-0.3, -0.25) is 0 Å². The Labute approximate surface area is 122 Å². The quantitative estimate of drug-likeness (QED) is 0.637. The Morgan fingerprint density at radius 2 is 1.90 bits per heavy atom. The van der Waals surface area contributed by atoms with Crippen LogP contribution in [-0.4, -0.2) is 13.9 Å². The van der Waals surface area contributed by atoms with Gasteiger partial charge in [0, 0.05) is 0 Å². The lowest BCUT2D eigenvalue weighted by atomic mass is 10.0. The number of ether oxygens (including phenoxy) is 3. The summed E-state index contributed by atoms with van der Waals surface area (Å²) >= 11 is 0. The number of hydrogen-bond acceptors (Lipinski definition) is 4. The van der Waals surface area contributed by atoms with E-state index in [1.54, 1.807) is 7.11 Å². The van der Waals surface area contributed by atoms with E-state index < -0.39 is 0 Å². The number of hydrogen-bond donors (Lipinski definition) is 0. The highest BCUT2D eigenvalue weighted by molar-refractivity contribution is 5.90.